The maximum absolute atomic E-state index is 9.58. The molecule has 0 heterocycles. The second-order valence-electron chi connectivity index (χ2n) is 6.10. The fourth-order valence-electron chi connectivity index (χ4n) is 2.78. The summed E-state index contributed by atoms with van der Waals surface area (Å²) in [6.07, 6.45) is 0. The highest BCUT2D eigenvalue weighted by Crippen LogP contribution is 2.34. The molecule has 0 aliphatic heterocycles. The van der Waals surface area contributed by atoms with E-state index in [0.29, 0.717) is 11.1 Å². The maximum atomic E-state index is 9.58. The predicted octanol–water partition coefficient (Wildman–Crippen LogP) is 5.53. The largest absolute Gasteiger partial charge is 0.508 e. The number of phenols is 4. The predicted molar refractivity (Wildman–Crippen MR) is 110 cm³/mol. The summed E-state index contributed by atoms with van der Waals surface area (Å²) in [5.41, 5.74) is 2.95. The van der Waals surface area contributed by atoms with Crippen molar-refractivity contribution in [1.82, 2.24) is 0 Å². The van der Waals surface area contributed by atoms with E-state index in [9.17, 15) is 15.3 Å². The smallest absolute Gasteiger partial charge is 0.127 e. The van der Waals surface area contributed by atoms with E-state index in [-0.39, 0.29) is 23.0 Å². The standard InChI is InChI=1S/2C12H10O2/c13-11-7-3-1-5-9(11)10-6-2-4-8-12(10)14;13-10-6-7-11(12(14)8-10)9-4-2-1-3-5-9/h2*1-8,13-14H. The minimum Gasteiger partial charge on any atom is -0.508 e. The van der Waals surface area contributed by atoms with Crippen LogP contribution in [0.1, 0.15) is 0 Å². The Hall–Kier alpha value is -3.92. The fourth-order valence-corrected chi connectivity index (χ4v) is 2.78. The molecule has 0 unspecified atom stereocenters. The van der Waals surface area contributed by atoms with Gasteiger partial charge < -0.3 is 20.4 Å². The molecule has 4 nitrogen and oxygen atoms in total. The van der Waals surface area contributed by atoms with Crippen LogP contribution in [-0.2, 0) is 0 Å². The number of hydrogen-bond acceptors (Lipinski definition) is 4. The second kappa shape index (κ2) is 8.64. The van der Waals surface area contributed by atoms with Crippen molar-refractivity contribution in [2.75, 3.05) is 0 Å². The lowest BCUT2D eigenvalue weighted by atomic mass is 10.0. The quantitative estimate of drug-likeness (QED) is 0.373. The maximum Gasteiger partial charge on any atom is 0.127 e. The van der Waals surface area contributed by atoms with Gasteiger partial charge in [-0.15, -0.1) is 0 Å². The first kappa shape index (κ1) is 18.9. The lowest BCUT2D eigenvalue weighted by molar-refractivity contribution is 0.452. The van der Waals surface area contributed by atoms with E-state index >= 15 is 0 Å². The van der Waals surface area contributed by atoms with Crippen LogP contribution in [0.5, 0.6) is 23.0 Å². The van der Waals surface area contributed by atoms with Crippen LogP contribution in [-0.4, -0.2) is 20.4 Å². The summed E-state index contributed by atoms with van der Waals surface area (Å²) in [4.78, 5) is 0. The monoisotopic (exact) mass is 372 g/mol. The Morgan fingerprint density at radius 1 is 0.393 bits per heavy atom. The molecule has 140 valence electrons. The lowest BCUT2D eigenvalue weighted by Gasteiger charge is -2.05. The first-order valence-electron chi connectivity index (χ1n) is 8.70. The third-order valence-corrected chi connectivity index (χ3v) is 4.16. The summed E-state index contributed by atoms with van der Waals surface area (Å²) in [5.74, 6) is 0.515. The van der Waals surface area contributed by atoms with Crippen LogP contribution < -0.4 is 0 Å². The zero-order chi connectivity index (χ0) is 19.9. The minimum atomic E-state index is 0.0715. The number of benzene rings is 4. The van der Waals surface area contributed by atoms with Gasteiger partial charge in [0.15, 0.2) is 0 Å². The summed E-state index contributed by atoms with van der Waals surface area (Å²) < 4.78 is 0. The van der Waals surface area contributed by atoms with E-state index in [2.05, 4.69) is 0 Å². The van der Waals surface area contributed by atoms with E-state index in [1.807, 2.05) is 42.5 Å². The molecule has 4 aromatic rings. The number of phenolic OH excluding ortho intramolecular Hbond substituents is 4. The molecule has 0 saturated heterocycles. The molecular formula is C24H20O4. The Morgan fingerprint density at radius 3 is 1.39 bits per heavy atom. The van der Waals surface area contributed by atoms with Crippen molar-refractivity contribution >= 4 is 0 Å². The van der Waals surface area contributed by atoms with Crippen LogP contribution >= 0.6 is 0 Å². The van der Waals surface area contributed by atoms with Crippen LogP contribution in [0.4, 0.5) is 0 Å². The van der Waals surface area contributed by atoms with E-state index in [1.165, 1.54) is 6.07 Å². The van der Waals surface area contributed by atoms with E-state index < -0.39 is 0 Å². The molecule has 0 amide bonds. The molecule has 0 radical (unpaired) electrons. The number of aromatic hydroxyl groups is 4. The summed E-state index contributed by atoms with van der Waals surface area (Å²) in [6.45, 7) is 0. The highest BCUT2D eigenvalue weighted by molar-refractivity contribution is 5.75. The molecule has 4 rings (SSSR count). The van der Waals surface area contributed by atoms with E-state index in [1.54, 1.807) is 48.5 Å². The summed E-state index contributed by atoms with van der Waals surface area (Å²) in [7, 11) is 0. The van der Waals surface area contributed by atoms with Gasteiger partial charge in [-0.3, -0.25) is 0 Å². The summed E-state index contributed by atoms with van der Waals surface area (Å²) >= 11 is 0. The van der Waals surface area contributed by atoms with Crippen LogP contribution in [0.15, 0.2) is 97.1 Å². The minimum absolute atomic E-state index is 0.0715. The van der Waals surface area contributed by atoms with Gasteiger partial charge in [-0.05, 0) is 29.8 Å². The van der Waals surface area contributed by atoms with Crippen molar-refractivity contribution in [3.63, 3.8) is 0 Å². The van der Waals surface area contributed by atoms with Crippen molar-refractivity contribution in [2.24, 2.45) is 0 Å². The van der Waals surface area contributed by atoms with Gasteiger partial charge in [0.25, 0.3) is 0 Å². The molecule has 0 bridgehead atoms. The third-order valence-electron chi connectivity index (χ3n) is 4.16. The second-order valence-corrected chi connectivity index (χ2v) is 6.10. The molecular weight excluding hydrogens is 352 g/mol. The van der Waals surface area contributed by atoms with Crippen molar-refractivity contribution in [2.45, 2.75) is 0 Å². The first-order valence-corrected chi connectivity index (χ1v) is 8.70. The van der Waals surface area contributed by atoms with Gasteiger partial charge in [0.05, 0.1) is 0 Å². The zero-order valence-electron chi connectivity index (χ0n) is 15.0. The van der Waals surface area contributed by atoms with Gasteiger partial charge in [0, 0.05) is 22.8 Å². The third kappa shape index (κ3) is 4.43. The average molecular weight is 372 g/mol. The highest BCUT2D eigenvalue weighted by atomic mass is 16.3. The van der Waals surface area contributed by atoms with Gasteiger partial charge in [0.2, 0.25) is 0 Å². The van der Waals surface area contributed by atoms with Gasteiger partial charge in [-0.1, -0.05) is 66.7 Å². The van der Waals surface area contributed by atoms with Crippen LogP contribution in [0, 0.1) is 0 Å². The molecule has 0 atom stereocenters. The molecule has 0 spiro atoms. The van der Waals surface area contributed by atoms with Gasteiger partial charge in [0.1, 0.15) is 23.0 Å². The van der Waals surface area contributed by atoms with Crippen LogP contribution in [0.3, 0.4) is 0 Å². The molecule has 0 saturated carbocycles. The van der Waals surface area contributed by atoms with Crippen molar-refractivity contribution in [1.29, 1.82) is 0 Å². The summed E-state index contributed by atoms with van der Waals surface area (Å²) in [5, 5.41) is 37.9. The van der Waals surface area contributed by atoms with Crippen molar-refractivity contribution in [3.05, 3.63) is 97.1 Å². The Bertz CT molecular complexity index is 1020. The number of hydrogen-bond donors (Lipinski definition) is 4. The molecule has 0 aliphatic carbocycles. The Balaban J connectivity index is 0.000000161. The molecule has 4 N–H and O–H groups in total. The Morgan fingerprint density at radius 2 is 0.893 bits per heavy atom. The van der Waals surface area contributed by atoms with Gasteiger partial charge >= 0.3 is 0 Å². The average Bonchev–Trinajstić information content (AvgIpc) is 2.70. The van der Waals surface area contributed by atoms with Gasteiger partial charge in [-0.2, -0.15) is 0 Å². The van der Waals surface area contributed by atoms with Crippen LogP contribution in [0.25, 0.3) is 22.3 Å². The Labute approximate surface area is 163 Å². The van der Waals surface area contributed by atoms with Crippen molar-refractivity contribution < 1.29 is 20.4 Å². The first-order chi connectivity index (χ1) is 13.6. The zero-order valence-corrected chi connectivity index (χ0v) is 15.0. The normalized spacial score (nSPS) is 10.0. The highest BCUT2D eigenvalue weighted by Gasteiger charge is 2.06. The Kier molecular flexibility index (Phi) is 5.82. The fraction of sp³-hybridized carbons (Fsp3) is 0. The molecule has 4 aromatic carbocycles. The molecule has 4 heteroatoms. The number of para-hydroxylation sites is 2. The van der Waals surface area contributed by atoms with E-state index in [0.717, 1.165) is 11.1 Å². The van der Waals surface area contributed by atoms with Crippen LogP contribution in [0.2, 0.25) is 0 Å². The molecule has 0 aliphatic rings. The summed E-state index contributed by atoms with van der Waals surface area (Å²) in [6, 6.07) is 28.0. The van der Waals surface area contributed by atoms with Gasteiger partial charge in [-0.25, -0.2) is 0 Å². The van der Waals surface area contributed by atoms with Crippen molar-refractivity contribution in [3.8, 4) is 45.3 Å². The molecule has 0 fully saturated rings. The SMILES string of the molecule is Oc1ccc(-c2ccccc2)c(O)c1.Oc1ccccc1-c1ccccc1O. The molecule has 0 aromatic heterocycles. The molecule has 28 heavy (non-hydrogen) atoms. The van der Waals surface area contributed by atoms with E-state index in [4.69, 9.17) is 5.11 Å². The topological polar surface area (TPSA) is 80.9 Å². The number of rotatable bonds is 2. The lowest BCUT2D eigenvalue weighted by Crippen LogP contribution is -1.79.